The lowest BCUT2D eigenvalue weighted by atomic mass is 10.1. The van der Waals surface area contributed by atoms with Crippen molar-refractivity contribution in [1.82, 2.24) is 0 Å². The molecule has 0 amide bonds. The standard InChI is InChI=1S/C8H4BrFO3/c9-4-1-2-5(6(10)3-4)7(11)8(12)13/h1-3H,(H,12,13). The van der Waals surface area contributed by atoms with Gasteiger partial charge in [-0.05, 0) is 18.2 Å². The molecule has 0 fully saturated rings. The maximum absolute atomic E-state index is 12.9. The fraction of sp³-hybridized carbons (Fsp3) is 0. The summed E-state index contributed by atoms with van der Waals surface area (Å²) in [4.78, 5) is 21.0. The molecule has 0 spiro atoms. The molecule has 0 saturated carbocycles. The van der Waals surface area contributed by atoms with E-state index in [1.807, 2.05) is 0 Å². The molecule has 1 aromatic carbocycles. The van der Waals surface area contributed by atoms with E-state index in [4.69, 9.17) is 5.11 Å². The van der Waals surface area contributed by atoms with Gasteiger partial charge in [0.15, 0.2) is 0 Å². The Bertz CT molecular complexity index is 376. The van der Waals surface area contributed by atoms with Crippen LogP contribution in [0.4, 0.5) is 4.39 Å². The van der Waals surface area contributed by atoms with Gasteiger partial charge in [-0.25, -0.2) is 9.18 Å². The maximum Gasteiger partial charge on any atom is 0.377 e. The van der Waals surface area contributed by atoms with Crippen molar-refractivity contribution in [3.8, 4) is 0 Å². The van der Waals surface area contributed by atoms with Crippen molar-refractivity contribution < 1.29 is 19.1 Å². The predicted octanol–water partition coefficient (Wildman–Crippen LogP) is 1.86. The summed E-state index contributed by atoms with van der Waals surface area (Å²) >= 11 is 2.98. The number of hydrogen-bond acceptors (Lipinski definition) is 2. The van der Waals surface area contributed by atoms with Crippen molar-refractivity contribution in [3.63, 3.8) is 0 Å². The minimum atomic E-state index is -1.67. The van der Waals surface area contributed by atoms with Gasteiger partial charge in [-0.2, -0.15) is 0 Å². The van der Waals surface area contributed by atoms with Crippen LogP contribution in [0.5, 0.6) is 0 Å². The number of carbonyl (C=O) groups is 2. The Morgan fingerprint density at radius 1 is 1.38 bits per heavy atom. The number of hydrogen-bond donors (Lipinski definition) is 1. The van der Waals surface area contributed by atoms with Gasteiger partial charge in [-0.15, -0.1) is 0 Å². The normalized spacial score (nSPS) is 9.69. The highest BCUT2D eigenvalue weighted by atomic mass is 79.9. The van der Waals surface area contributed by atoms with Gasteiger partial charge < -0.3 is 5.11 Å². The quantitative estimate of drug-likeness (QED) is 0.640. The average molecular weight is 247 g/mol. The Balaban J connectivity index is 3.16. The molecule has 0 aliphatic rings. The first-order valence-electron chi connectivity index (χ1n) is 3.25. The summed E-state index contributed by atoms with van der Waals surface area (Å²) in [5.41, 5.74) is -0.435. The molecule has 3 nitrogen and oxygen atoms in total. The molecule has 0 aliphatic carbocycles. The van der Waals surface area contributed by atoms with Gasteiger partial charge in [0.2, 0.25) is 0 Å². The molecule has 0 aliphatic heterocycles. The van der Waals surface area contributed by atoms with E-state index in [0.717, 1.165) is 12.1 Å². The molecular weight excluding hydrogens is 243 g/mol. The molecule has 0 aromatic heterocycles. The Morgan fingerprint density at radius 3 is 2.46 bits per heavy atom. The molecule has 13 heavy (non-hydrogen) atoms. The van der Waals surface area contributed by atoms with Crippen molar-refractivity contribution >= 4 is 27.7 Å². The van der Waals surface area contributed by atoms with Gasteiger partial charge in [0.1, 0.15) is 5.82 Å². The van der Waals surface area contributed by atoms with Gasteiger partial charge in [-0.1, -0.05) is 15.9 Å². The van der Waals surface area contributed by atoms with Gasteiger partial charge >= 0.3 is 5.97 Å². The molecule has 68 valence electrons. The molecule has 1 N–H and O–H groups in total. The smallest absolute Gasteiger partial charge is 0.377 e. The molecular formula is C8H4BrFO3. The largest absolute Gasteiger partial charge is 0.475 e. The summed E-state index contributed by atoms with van der Waals surface area (Å²) in [6, 6.07) is 3.56. The third-order valence-electron chi connectivity index (χ3n) is 1.37. The van der Waals surface area contributed by atoms with Crippen LogP contribution in [0.2, 0.25) is 0 Å². The summed E-state index contributed by atoms with van der Waals surface area (Å²) < 4.78 is 13.4. The van der Waals surface area contributed by atoms with E-state index in [9.17, 15) is 14.0 Å². The fourth-order valence-corrected chi connectivity index (χ4v) is 1.12. The van der Waals surface area contributed by atoms with Crippen LogP contribution >= 0.6 is 15.9 Å². The van der Waals surface area contributed by atoms with E-state index < -0.39 is 23.1 Å². The third kappa shape index (κ3) is 2.12. The van der Waals surface area contributed by atoms with Crippen molar-refractivity contribution in [3.05, 3.63) is 34.1 Å². The number of carboxylic acid groups (broad SMARTS) is 1. The minimum Gasteiger partial charge on any atom is -0.475 e. The summed E-state index contributed by atoms with van der Waals surface area (Å²) in [6.45, 7) is 0. The summed E-state index contributed by atoms with van der Waals surface area (Å²) in [5.74, 6) is -3.76. The Kier molecular flexibility index (Phi) is 2.77. The summed E-state index contributed by atoms with van der Waals surface area (Å²) in [7, 11) is 0. The number of carboxylic acids is 1. The molecule has 0 saturated heterocycles. The Labute approximate surface area is 81.3 Å². The van der Waals surface area contributed by atoms with E-state index in [-0.39, 0.29) is 0 Å². The molecule has 0 bridgehead atoms. The number of aliphatic carboxylic acids is 1. The lowest BCUT2D eigenvalue weighted by Crippen LogP contribution is -2.14. The van der Waals surface area contributed by atoms with Crippen molar-refractivity contribution in [1.29, 1.82) is 0 Å². The van der Waals surface area contributed by atoms with Crippen LogP contribution in [0.3, 0.4) is 0 Å². The minimum absolute atomic E-state index is 0.435. The van der Waals surface area contributed by atoms with Crippen molar-refractivity contribution in [2.24, 2.45) is 0 Å². The first-order valence-corrected chi connectivity index (χ1v) is 4.04. The lowest BCUT2D eigenvalue weighted by Gasteiger charge is -1.98. The highest BCUT2D eigenvalue weighted by Gasteiger charge is 2.18. The molecule has 0 atom stereocenters. The molecule has 1 aromatic rings. The van der Waals surface area contributed by atoms with Crippen molar-refractivity contribution in [2.45, 2.75) is 0 Å². The number of carbonyl (C=O) groups excluding carboxylic acids is 1. The van der Waals surface area contributed by atoms with E-state index in [1.165, 1.54) is 6.07 Å². The topological polar surface area (TPSA) is 54.4 Å². The van der Waals surface area contributed by atoms with Crippen LogP contribution in [0, 0.1) is 5.82 Å². The van der Waals surface area contributed by atoms with Crippen LogP contribution in [0.25, 0.3) is 0 Å². The number of rotatable bonds is 2. The van der Waals surface area contributed by atoms with Crippen LogP contribution in [0.15, 0.2) is 22.7 Å². The zero-order valence-corrected chi connectivity index (χ0v) is 7.84. The van der Waals surface area contributed by atoms with Crippen LogP contribution in [-0.2, 0) is 4.79 Å². The zero-order chi connectivity index (χ0) is 10.0. The summed E-state index contributed by atoms with van der Waals surface area (Å²) in [5, 5.41) is 8.30. The van der Waals surface area contributed by atoms with Gasteiger partial charge in [-0.3, -0.25) is 4.79 Å². The van der Waals surface area contributed by atoms with Gasteiger partial charge in [0.05, 0.1) is 5.56 Å². The highest BCUT2D eigenvalue weighted by Crippen LogP contribution is 2.15. The number of ketones is 1. The molecule has 0 unspecified atom stereocenters. The zero-order valence-electron chi connectivity index (χ0n) is 6.25. The molecule has 5 heteroatoms. The third-order valence-corrected chi connectivity index (χ3v) is 1.86. The van der Waals surface area contributed by atoms with Crippen LogP contribution < -0.4 is 0 Å². The van der Waals surface area contributed by atoms with E-state index in [0.29, 0.717) is 4.47 Å². The predicted molar refractivity (Wildman–Crippen MR) is 46.1 cm³/mol. The second kappa shape index (κ2) is 3.66. The number of benzene rings is 1. The lowest BCUT2D eigenvalue weighted by molar-refractivity contribution is -0.131. The fourth-order valence-electron chi connectivity index (χ4n) is 0.789. The van der Waals surface area contributed by atoms with Gasteiger partial charge in [0.25, 0.3) is 5.78 Å². The highest BCUT2D eigenvalue weighted by molar-refractivity contribution is 9.10. The first-order chi connectivity index (χ1) is 6.02. The van der Waals surface area contributed by atoms with E-state index in [2.05, 4.69) is 15.9 Å². The number of halogens is 2. The van der Waals surface area contributed by atoms with E-state index >= 15 is 0 Å². The van der Waals surface area contributed by atoms with Crippen LogP contribution in [-0.4, -0.2) is 16.9 Å². The average Bonchev–Trinajstić information content (AvgIpc) is 2.03. The molecule has 1 rings (SSSR count). The molecule has 0 heterocycles. The van der Waals surface area contributed by atoms with Crippen molar-refractivity contribution in [2.75, 3.05) is 0 Å². The second-order valence-electron chi connectivity index (χ2n) is 2.26. The SMILES string of the molecule is O=C(O)C(=O)c1ccc(Br)cc1F. The first kappa shape index (κ1) is 9.85. The Hall–Kier alpha value is -1.23. The monoisotopic (exact) mass is 246 g/mol. The maximum atomic E-state index is 12.9. The van der Waals surface area contributed by atoms with E-state index in [1.54, 1.807) is 0 Å². The van der Waals surface area contributed by atoms with Crippen LogP contribution in [0.1, 0.15) is 10.4 Å². The summed E-state index contributed by atoms with van der Waals surface area (Å²) in [6.07, 6.45) is 0. The molecule has 0 radical (unpaired) electrons. The second-order valence-corrected chi connectivity index (χ2v) is 3.17. The van der Waals surface area contributed by atoms with Gasteiger partial charge in [0, 0.05) is 4.47 Å². The number of Topliss-reactive ketones (excluding diaryl/α,β-unsaturated/α-hetero) is 1. The Morgan fingerprint density at radius 2 is 2.00 bits per heavy atom.